The Kier molecular flexibility index (Phi) is 6.88. The molecule has 1 atom stereocenters. The van der Waals surface area contributed by atoms with Gasteiger partial charge >= 0.3 is 0 Å². The van der Waals surface area contributed by atoms with Crippen LogP contribution in [0.15, 0.2) is 63.0 Å². The number of thioether (sulfide) groups is 1. The van der Waals surface area contributed by atoms with E-state index in [9.17, 15) is 9.59 Å². The summed E-state index contributed by atoms with van der Waals surface area (Å²) in [5, 5.41) is 3.90. The van der Waals surface area contributed by atoms with E-state index in [-0.39, 0.29) is 23.3 Å². The molecular formula is C20H20BrN3O3S. The maximum atomic E-state index is 13.0. The number of amides is 1. The van der Waals surface area contributed by atoms with Gasteiger partial charge < -0.3 is 10.1 Å². The van der Waals surface area contributed by atoms with Crippen molar-refractivity contribution in [2.75, 3.05) is 24.8 Å². The molecule has 1 aromatic heterocycles. The van der Waals surface area contributed by atoms with E-state index in [4.69, 9.17) is 4.74 Å². The number of anilines is 1. The lowest BCUT2D eigenvalue weighted by atomic mass is 10.2. The van der Waals surface area contributed by atoms with Gasteiger partial charge in [-0.25, -0.2) is 4.98 Å². The van der Waals surface area contributed by atoms with Gasteiger partial charge in [0.1, 0.15) is 0 Å². The van der Waals surface area contributed by atoms with Crippen LogP contribution in [0, 0.1) is 0 Å². The van der Waals surface area contributed by atoms with Crippen molar-refractivity contribution in [1.82, 2.24) is 9.55 Å². The van der Waals surface area contributed by atoms with Crippen molar-refractivity contribution >= 4 is 50.2 Å². The van der Waals surface area contributed by atoms with E-state index < -0.39 is 0 Å². The molecule has 0 saturated carbocycles. The second-order valence-corrected chi connectivity index (χ2v) is 8.00. The minimum atomic E-state index is -0.205. The fourth-order valence-corrected chi connectivity index (χ4v) is 4.09. The highest BCUT2D eigenvalue weighted by molar-refractivity contribution is 9.10. The molecule has 0 fully saturated rings. The predicted molar refractivity (Wildman–Crippen MR) is 116 cm³/mol. The standard InChI is InChI=1S/C20H20BrN3O3S/c1-13(11-27-2)24-19(26)14-7-3-5-9-16(14)23-20(24)28-12-18(25)22-17-10-6-4-8-15(17)21/h3-10,13H,11-12H2,1-2H3,(H,22,25). The second-order valence-electron chi connectivity index (χ2n) is 6.21. The molecule has 28 heavy (non-hydrogen) atoms. The van der Waals surface area contributed by atoms with E-state index >= 15 is 0 Å². The Balaban J connectivity index is 1.87. The van der Waals surface area contributed by atoms with Gasteiger partial charge in [-0.15, -0.1) is 0 Å². The summed E-state index contributed by atoms with van der Waals surface area (Å²) in [7, 11) is 1.59. The number of methoxy groups -OCH3 is 1. The maximum Gasteiger partial charge on any atom is 0.262 e. The van der Waals surface area contributed by atoms with E-state index in [0.29, 0.717) is 28.4 Å². The SMILES string of the molecule is COCC(C)n1c(SCC(=O)Nc2ccccc2Br)nc2ccccc2c1=O. The summed E-state index contributed by atoms with van der Waals surface area (Å²) in [6.07, 6.45) is 0. The Morgan fingerprint density at radius 3 is 2.71 bits per heavy atom. The van der Waals surface area contributed by atoms with Gasteiger partial charge in [-0.05, 0) is 47.1 Å². The first-order chi connectivity index (χ1) is 13.5. The van der Waals surface area contributed by atoms with Crippen molar-refractivity contribution in [1.29, 1.82) is 0 Å². The second kappa shape index (κ2) is 9.36. The predicted octanol–water partition coefficient (Wildman–Crippen LogP) is 4.10. The van der Waals surface area contributed by atoms with Crippen LogP contribution in [0.4, 0.5) is 5.69 Å². The van der Waals surface area contributed by atoms with E-state index in [1.807, 2.05) is 43.3 Å². The van der Waals surface area contributed by atoms with E-state index in [1.54, 1.807) is 23.8 Å². The van der Waals surface area contributed by atoms with Gasteiger partial charge in [-0.3, -0.25) is 14.2 Å². The van der Waals surface area contributed by atoms with Crippen molar-refractivity contribution in [2.45, 2.75) is 18.1 Å². The Hall–Kier alpha value is -2.16. The topological polar surface area (TPSA) is 73.2 Å². The first kappa shape index (κ1) is 20.6. The number of para-hydroxylation sites is 2. The van der Waals surface area contributed by atoms with Gasteiger partial charge in [-0.1, -0.05) is 36.0 Å². The molecule has 2 aromatic carbocycles. The minimum absolute atomic E-state index is 0.131. The number of fused-ring (bicyclic) bond motifs is 1. The lowest BCUT2D eigenvalue weighted by Crippen LogP contribution is -2.29. The molecule has 0 spiro atoms. The van der Waals surface area contributed by atoms with Crippen LogP contribution in [-0.4, -0.2) is 34.9 Å². The van der Waals surface area contributed by atoms with Crippen LogP contribution >= 0.6 is 27.7 Å². The number of hydrogen-bond donors (Lipinski definition) is 1. The molecule has 0 radical (unpaired) electrons. The number of nitrogens with one attached hydrogen (secondary N) is 1. The van der Waals surface area contributed by atoms with Crippen LogP contribution < -0.4 is 10.9 Å². The molecule has 3 aromatic rings. The summed E-state index contributed by atoms with van der Waals surface area (Å²) in [6.45, 7) is 2.27. The van der Waals surface area contributed by atoms with Crippen LogP contribution in [0.3, 0.4) is 0 Å². The van der Waals surface area contributed by atoms with Crippen molar-refractivity contribution in [3.63, 3.8) is 0 Å². The molecule has 1 heterocycles. The largest absolute Gasteiger partial charge is 0.383 e. The van der Waals surface area contributed by atoms with Crippen LogP contribution in [0.2, 0.25) is 0 Å². The average Bonchev–Trinajstić information content (AvgIpc) is 2.68. The molecule has 1 unspecified atom stereocenters. The van der Waals surface area contributed by atoms with Gasteiger partial charge in [0.15, 0.2) is 5.16 Å². The summed E-state index contributed by atoms with van der Waals surface area (Å²) in [5.41, 5.74) is 1.18. The van der Waals surface area contributed by atoms with E-state index in [0.717, 1.165) is 4.47 Å². The van der Waals surface area contributed by atoms with Gasteiger partial charge in [0.2, 0.25) is 5.91 Å². The highest BCUT2D eigenvalue weighted by Gasteiger charge is 2.17. The van der Waals surface area contributed by atoms with Crippen LogP contribution in [0.25, 0.3) is 10.9 Å². The molecule has 6 nitrogen and oxygen atoms in total. The molecule has 1 N–H and O–H groups in total. The molecule has 0 aliphatic heterocycles. The Morgan fingerprint density at radius 2 is 1.96 bits per heavy atom. The molecule has 0 saturated heterocycles. The van der Waals surface area contributed by atoms with Crippen LogP contribution in [0.5, 0.6) is 0 Å². The number of aromatic nitrogens is 2. The van der Waals surface area contributed by atoms with Crippen molar-refractivity contribution in [3.8, 4) is 0 Å². The van der Waals surface area contributed by atoms with Gasteiger partial charge in [0.05, 0.1) is 35.0 Å². The van der Waals surface area contributed by atoms with Crippen molar-refractivity contribution in [2.24, 2.45) is 0 Å². The molecule has 8 heteroatoms. The number of hydrogen-bond acceptors (Lipinski definition) is 5. The Morgan fingerprint density at radius 1 is 1.25 bits per heavy atom. The third-order valence-electron chi connectivity index (χ3n) is 4.10. The van der Waals surface area contributed by atoms with Crippen LogP contribution in [-0.2, 0) is 9.53 Å². The molecule has 0 aliphatic carbocycles. The molecule has 0 bridgehead atoms. The van der Waals surface area contributed by atoms with Crippen molar-refractivity contribution in [3.05, 3.63) is 63.4 Å². The monoisotopic (exact) mass is 461 g/mol. The quantitative estimate of drug-likeness (QED) is 0.423. The fourth-order valence-electron chi connectivity index (χ4n) is 2.81. The molecule has 3 rings (SSSR count). The third-order valence-corrected chi connectivity index (χ3v) is 5.75. The van der Waals surface area contributed by atoms with Crippen molar-refractivity contribution < 1.29 is 9.53 Å². The number of carbonyl (C=O) groups excluding carboxylic acids is 1. The highest BCUT2D eigenvalue weighted by Crippen LogP contribution is 2.24. The maximum absolute atomic E-state index is 13.0. The van der Waals surface area contributed by atoms with Gasteiger partial charge in [0, 0.05) is 11.6 Å². The first-order valence-corrected chi connectivity index (χ1v) is 10.5. The molecule has 146 valence electrons. The third kappa shape index (κ3) is 4.63. The summed E-state index contributed by atoms with van der Waals surface area (Å²) >= 11 is 4.64. The number of rotatable bonds is 7. The normalized spacial score (nSPS) is 12.1. The number of nitrogens with zero attached hydrogens (tertiary/aromatic N) is 2. The molecule has 1 amide bonds. The van der Waals surface area contributed by atoms with E-state index in [1.165, 1.54) is 11.8 Å². The van der Waals surface area contributed by atoms with Gasteiger partial charge in [-0.2, -0.15) is 0 Å². The zero-order chi connectivity index (χ0) is 20.1. The van der Waals surface area contributed by atoms with Crippen LogP contribution in [0.1, 0.15) is 13.0 Å². The number of ether oxygens (including phenoxy) is 1. The average molecular weight is 462 g/mol. The van der Waals surface area contributed by atoms with E-state index in [2.05, 4.69) is 26.2 Å². The fraction of sp³-hybridized carbons (Fsp3) is 0.250. The zero-order valence-electron chi connectivity index (χ0n) is 15.5. The Labute approximate surface area is 175 Å². The summed E-state index contributed by atoms with van der Waals surface area (Å²) in [5.74, 6) is -0.0449. The minimum Gasteiger partial charge on any atom is -0.383 e. The first-order valence-electron chi connectivity index (χ1n) is 8.68. The molecule has 0 aliphatic rings. The number of halogens is 1. The molecular weight excluding hydrogens is 442 g/mol. The summed E-state index contributed by atoms with van der Waals surface area (Å²) < 4.78 is 7.62. The van der Waals surface area contributed by atoms with Gasteiger partial charge in [0.25, 0.3) is 5.56 Å². The highest BCUT2D eigenvalue weighted by atomic mass is 79.9. The zero-order valence-corrected chi connectivity index (χ0v) is 17.9. The lowest BCUT2D eigenvalue weighted by molar-refractivity contribution is -0.113. The smallest absolute Gasteiger partial charge is 0.262 e. The lowest BCUT2D eigenvalue weighted by Gasteiger charge is -2.18. The number of carbonyl (C=O) groups is 1. The Bertz CT molecular complexity index is 1050. The summed E-state index contributed by atoms with van der Waals surface area (Å²) in [4.78, 5) is 30.0. The summed E-state index contributed by atoms with van der Waals surface area (Å²) in [6, 6.07) is 14.4. The number of benzene rings is 2.